The van der Waals surface area contributed by atoms with Gasteiger partial charge in [-0.3, -0.25) is 9.48 Å². The molecule has 4 nitrogen and oxygen atoms in total. The zero-order valence-corrected chi connectivity index (χ0v) is 21.5. The number of thiophene rings is 1. The third-order valence-electron chi connectivity index (χ3n) is 8.17. The van der Waals surface area contributed by atoms with Gasteiger partial charge in [0.25, 0.3) is 5.91 Å². The number of carbonyl (C=O) groups excluding carboxylic acids is 1. The van der Waals surface area contributed by atoms with Crippen LogP contribution >= 0.6 is 38.9 Å². The molecule has 6 rings (SSSR count). The van der Waals surface area contributed by atoms with Crippen molar-refractivity contribution in [1.82, 2.24) is 15.1 Å². The summed E-state index contributed by atoms with van der Waals surface area (Å²) >= 11 is 11.2. The first-order valence-electron chi connectivity index (χ1n) is 11.6. The van der Waals surface area contributed by atoms with Crippen molar-refractivity contribution in [1.29, 1.82) is 0 Å². The number of unbranched alkanes of at least 4 members (excludes halogenated alkanes) is 2. The number of aryl methyl sites for hydroxylation is 1. The van der Waals surface area contributed by atoms with Crippen LogP contribution in [-0.4, -0.2) is 28.1 Å². The average Bonchev–Trinajstić information content (AvgIpc) is 3.38. The number of nitrogens with zero attached hydrogens (tertiary/aromatic N) is 2. The smallest absolute Gasteiger partial charge is 0.272 e. The van der Waals surface area contributed by atoms with Gasteiger partial charge in [0.15, 0.2) is 5.69 Å². The molecular weight excluding hydrogens is 494 g/mol. The van der Waals surface area contributed by atoms with E-state index in [1.165, 1.54) is 29.7 Å². The number of rotatable bonds is 8. The summed E-state index contributed by atoms with van der Waals surface area (Å²) in [4.78, 5) is 14.6. The number of hydrogen-bond acceptors (Lipinski definition) is 3. The van der Waals surface area contributed by atoms with Crippen molar-refractivity contribution in [2.75, 3.05) is 12.4 Å². The molecule has 2 heterocycles. The van der Waals surface area contributed by atoms with Gasteiger partial charge in [0, 0.05) is 41.4 Å². The van der Waals surface area contributed by atoms with Gasteiger partial charge in [0.2, 0.25) is 0 Å². The fourth-order valence-electron chi connectivity index (χ4n) is 6.25. The van der Waals surface area contributed by atoms with E-state index >= 15 is 0 Å². The van der Waals surface area contributed by atoms with E-state index in [1.54, 1.807) is 11.3 Å². The summed E-state index contributed by atoms with van der Waals surface area (Å²) in [6.07, 6.45) is 7.85. The summed E-state index contributed by atoms with van der Waals surface area (Å²) in [7, 11) is 0. The molecule has 2 bridgehead atoms. The van der Waals surface area contributed by atoms with Gasteiger partial charge in [-0.15, -0.1) is 22.9 Å². The number of halogens is 2. The largest absolute Gasteiger partial charge is 0.350 e. The Bertz CT molecular complexity index is 995. The average molecular weight is 525 g/mol. The van der Waals surface area contributed by atoms with Crippen LogP contribution in [0.15, 0.2) is 9.85 Å². The number of nitrogens with one attached hydrogen (secondary N) is 1. The number of carbonyl (C=O) groups is 1. The lowest BCUT2D eigenvalue weighted by atomic mass is 9.45. The maximum absolute atomic E-state index is 13.2. The topological polar surface area (TPSA) is 46.9 Å². The molecule has 7 heteroatoms. The predicted octanol–water partition coefficient (Wildman–Crippen LogP) is 6.49. The maximum Gasteiger partial charge on any atom is 0.272 e. The molecule has 0 aromatic carbocycles. The first-order chi connectivity index (χ1) is 14.9. The number of aromatic nitrogens is 2. The first kappa shape index (κ1) is 22.0. The highest BCUT2D eigenvalue weighted by Gasteiger charge is 2.54. The summed E-state index contributed by atoms with van der Waals surface area (Å²) in [5.74, 6) is 2.95. The number of amides is 1. The molecule has 168 valence electrons. The molecule has 0 spiro atoms. The van der Waals surface area contributed by atoms with E-state index < -0.39 is 0 Å². The molecule has 1 amide bonds. The zero-order chi connectivity index (χ0) is 21.8. The number of alkyl halides is 1. The molecule has 0 radical (unpaired) electrons. The van der Waals surface area contributed by atoms with Crippen molar-refractivity contribution in [2.45, 2.75) is 65.3 Å². The van der Waals surface area contributed by atoms with Crippen molar-refractivity contribution < 1.29 is 4.79 Å². The van der Waals surface area contributed by atoms with Crippen molar-refractivity contribution in [3.8, 4) is 11.3 Å². The first-order valence-corrected chi connectivity index (χ1v) is 13.8. The Hall–Kier alpha value is -0.850. The van der Waals surface area contributed by atoms with Gasteiger partial charge < -0.3 is 5.32 Å². The van der Waals surface area contributed by atoms with E-state index in [-0.39, 0.29) is 5.91 Å². The summed E-state index contributed by atoms with van der Waals surface area (Å²) < 4.78 is 3.21. The summed E-state index contributed by atoms with van der Waals surface area (Å²) in [5.41, 5.74) is 4.57. The van der Waals surface area contributed by atoms with Gasteiger partial charge in [-0.05, 0) is 77.3 Å². The molecule has 0 aliphatic heterocycles. The Balaban J connectivity index is 1.33. The van der Waals surface area contributed by atoms with Gasteiger partial charge in [-0.2, -0.15) is 5.10 Å². The van der Waals surface area contributed by atoms with Gasteiger partial charge in [0.1, 0.15) is 0 Å². The van der Waals surface area contributed by atoms with E-state index in [0.29, 0.717) is 22.9 Å². The van der Waals surface area contributed by atoms with Gasteiger partial charge in [-0.1, -0.05) is 20.3 Å². The van der Waals surface area contributed by atoms with Crippen LogP contribution in [0.4, 0.5) is 0 Å². The van der Waals surface area contributed by atoms with Crippen molar-refractivity contribution in [3.05, 3.63) is 26.0 Å². The van der Waals surface area contributed by atoms with E-state index in [0.717, 1.165) is 65.7 Å². The molecule has 3 fully saturated rings. The Labute approximate surface area is 202 Å². The highest BCUT2D eigenvalue weighted by Crippen LogP contribution is 2.61. The van der Waals surface area contributed by atoms with Crippen molar-refractivity contribution >= 4 is 44.8 Å². The molecule has 4 aliphatic carbocycles. The Kier molecular flexibility index (Phi) is 6.02. The lowest BCUT2D eigenvalue weighted by Crippen LogP contribution is -2.54. The van der Waals surface area contributed by atoms with Crippen LogP contribution in [0.1, 0.15) is 73.3 Å². The van der Waals surface area contributed by atoms with E-state index in [1.807, 2.05) is 0 Å². The Morgan fingerprint density at radius 3 is 2.94 bits per heavy atom. The minimum atomic E-state index is 0.00392. The van der Waals surface area contributed by atoms with Gasteiger partial charge in [0.05, 0.1) is 9.48 Å². The van der Waals surface area contributed by atoms with E-state index in [9.17, 15) is 4.79 Å². The second kappa shape index (κ2) is 8.49. The third-order valence-corrected chi connectivity index (χ3v) is 10.1. The van der Waals surface area contributed by atoms with Gasteiger partial charge in [-0.25, -0.2) is 0 Å². The van der Waals surface area contributed by atoms with E-state index in [4.69, 9.17) is 16.7 Å². The zero-order valence-electron chi connectivity index (χ0n) is 18.3. The molecule has 2 aromatic rings. The van der Waals surface area contributed by atoms with Crippen LogP contribution in [0.5, 0.6) is 0 Å². The standard InChI is InChI=1S/C24H31BrClN3OS/c1-24(2)15-7-6-14(18(24)10-15)13-27-23(30)21-17-11-19-16(12-20(25)31-19)22(17)29(28-21)9-5-3-4-8-26/h12,14-15,18H,3-11,13H2,1-2H3,(H,27,30). The molecule has 3 atom stereocenters. The number of hydrogen-bond donors (Lipinski definition) is 1. The normalized spacial score (nSPS) is 25.1. The predicted molar refractivity (Wildman–Crippen MR) is 131 cm³/mol. The van der Waals surface area contributed by atoms with Crippen LogP contribution in [0.2, 0.25) is 0 Å². The monoisotopic (exact) mass is 523 g/mol. The molecular formula is C24H31BrClN3OS. The highest BCUT2D eigenvalue weighted by molar-refractivity contribution is 9.11. The summed E-state index contributed by atoms with van der Waals surface area (Å²) in [5, 5.41) is 8.09. The van der Waals surface area contributed by atoms with Crippen LogP contribution in [0.25, 0.3) is 11.3 Å². The minimum Gasteiger partial charge on any atom is -0.350 e. The van der Waals surface area contributed by atoms with Crippen molar-refractivity contribution in [3.63, 3.8) is 0 Å². The Morgan fingerprint density at radius 1 is 1.35 bits per heavy atom. The van der Waals surface area contributed by atoms with Gasteiger partial charge >= 0.3 is 0 Å². The van der Waals surface area contributed by atoms with Crippen LogP contribution in [0.3, 0.4) is 0 Å². The summed E-state index contributed by atoms with van der Waals surface area (Å²) in [6, 6.07) is 2.18. The molecule has 1 N–H and O–H groups in total. The highest BCUT2D eigenvalue weighted by atomic mass is 79.9. The fraction of sp³-hybridized carbons (Fsp3) is 0.667. The second-order valence-corrected chi connectivity index (χ2v) is 13.0. The second-order valence-electron chi connectivity index (χ2n) is 10.1. The van der Waals surface area contributed by atoms with E-state index in [2.05, 4.69) is 45.8 Å². The van der Waals surface area contributed by atoms with Crippen LogP contribution in [0, 0.1) is 23.2 Å². The summed E-state index contributed by atoms with van der Waals surface area (Å²) in [6.45, 7) is 6.44. The quantitative estimate of drug-likeness (QED) is 0.270. The third kappa shape index (κ3) is 3.80. The fourth-order valence-corrected chi connectivity index (χ4v) is 8.15. The Morgan fingerprint density at radius 2 is 2.19 bits per heavy atom. The van der Waals surface area contributed by atoms with Crippen LogP contribution in [-0.2, 0) is 13.0 Å². The molecule has 31 heavy (non-hydrogen) atoms. The molecule has 0 saturated heterocycles. The van der Waals surface area contributed by atoms with Crippen molar-refractivity contribution in [2.24, 2.45) is 23.2 Å². The number of fused-ring (bicyclic) bond motifs is 5. The lowest BCUT2D eigenvalue weighted by Gasteiger charge is -2.60. The molecule has 3 saturated carbocycles. The molecule has 3 unspecified atom stereocenters. The molecule has 4 aliphatic rings. The van der Waals surface area contributed by atoms with Crippen LogP contribution < -0.4 is 5.32 Å². The minimum absolute atomic E-state index is 0.00392. The molecule has 2 aromatic heterocycles. The SMILES string of the molecule is CC1(C)C2CCC(CNC(=O)c3nn(CCCCCCl)c4c3Cc3sc(Br)cc3-4)C1C2. The maximum atomic E-state index is 13.2. The lowest BCUT2D eigenvalue weighted by molar-refractivity contribution is -0.103.